The number of nitrogens with zero attached hydrogens (tertiary/aromatic N) is 2. The van der Waals surface area contributed by atoms with Crippen LogP contribution in [0, 0.1) is 0 Å². The lowest BCUT2D eigenvalue weighted by Gasteiger charge is -2.00. The summed E-state index contributed by atoms with van der Waals surface area (Å²) in [6.07, 6.45) is 6.66. The molecule has 3 aromatic heterocycles. The highest BCUT2D eigenvalue weighted by molar-refractivity contribution is 7.18. The average Bonchev–Trinajstić information content (AvgIpc) is 2.99. The molecule has 0 fully saturated rings. The maximum atomic E-state index is 12.3. The number of aromatic nitrogens is 3. The molecular weight excluding hydrogens is 258 g/mol. The lowest BCUT2D eigenvalue weighted by Crippen LogP contribution is -2.09. The third kappa shape index (κ3) is 1.62. The van der Waals surface area contributed by atoms with Crippen molar-refractivity contribution in [2.45, 2.75) is 19.3 Å². The van der Waals surface area contributed by atoms with Gasteiger partial charge in [0.15, 0.2) is 0 Å². The fourth-order valence-corrected chi connectivity index (χ4v) is 3.90. The summed E-state index contributed by atoms with van der Waals surface area (Å²) in [7, 11) is 0. The molecule has 94 valence electrons. The molecule has 3 heterocycles. The summed E-state index contributed by atoms with van der Waals surface area (Å²) in [6.45, 7) is 0. The Morgan fingerprint density at radius 3 is 3.11 bits per heavy atom. The zero-order valence-corrected chi connectivity index (χ0v) is 11.0. The summed E-state index contributed by atoms with van der Waals surface area (Å²) in [5.41, 5.74) is 2.03. The zero-order chi connectivity index (χ0) is 12.8. The van der Waals surface area contributed by atoms with Gasteiger partial charge < -0.3 is 4.98 Å². The molecule has 4 nitrogen and oxygen atoms in total. The van der Waals surface area contributed by atoms with Gasteiger partial charge in [-0.2, -0.15) is 0 Å². The first-order valence-electron chi connectivity index (χ1n) is 6.28. The van der Waals surface area contributed by atoms with Crippen LogP contribution < -0.4 is 5.56 Å². The topological polar surface area (TPSA) is 58.6 Å². The quantitative estimate of drug-likeness (QED) is 0.738. The van der Waals surface area contributed by atoms with E-state index in [1.54, 1.807) is 23.7 Å². The Bertz CT molecular complexity index is 820. The van der Waals surface area contributed by atoms with Gasteiger partial charge in [-0.1, -0.05) is 0 Å². The van der Waals surface area contributed by atoms with E-state index in [1.807, 2.05) is 12.1 Å². The van der Waals surface area contributed by atoms with Crippen LogP contribution in [-0.2, 0) is 12.8 Å². The molecule has 0 saturated carbocycles. The van der Waals surface area contributed by atoms with Crippen molar-refractivity contribution in [3.8, 4) is 11.4 Å². The monoisotopic (exact) mass is 269 g/mol. The molecule has 19 heavy (non-hydrogen) atoms. The number of hydrogen-bond acceptors (Lipinski definition) is 4. The van der Waals surface area contributed by atoms with E-state index >= 15 is 0 Å². The number of H-pyrrole nitrogens is 1. The van der Waals surface area contributed by atoms with Gasteiger partial charge >= 0.3 is 0 Å². The van der Waals surface area contributed by atoms with E-state index in [0.29, 0.717) is 5.82 Å². The number of pyridine rings is 1. The van der Waals surface area contributed by atoms with E-state index < -0.39 is 0 Å². The second-order valence-electron chi connectivity index (χ2n) is 4.69. The normalized spacial score (nSPS) is 13.9. The molecule has 1 aliphatic carbocycles. The Morgan fingerprint density at radius 2 is 2.26 bits per heavy atom. The summed E-state index contributed by atoms with van der Waals surface area (Å²) < 4.78 is 0. The molecule has 0 aliphatic heterocycles. The molecule has 0 saturated heterocycles. The van der Waals surface area contributed by atoms with E-state index in [2.05, 4.69) is 15.0 Å². The minimum absolute atomic E-state index is 0.0248. The number of rotatable bonds is 1. The maximum Gasteiger partial charge on any atom is 0.260 e. The molecule has 0 spiro atoms. The number of aryl methyl sites for hydroxylation is 2. The lowest BCUT2D eigenvalue weighted by molar-refractivity contribution is 0.916. The molecule has 1 N–H and O–H groups in total. The average molecular weight is 269 g/mol. The van der Waals surface area contributed by atoms with E-state index in [9.17, 15) is 4.79 Å². The third-order valence-electron chi connectivity index (χ3n) is 3.51. The first kappa shape index (κ1) is 10.9. The van der Waals surface area contributed by atoms with Gasteiger partial charge in [0.1, 0.15) is 10.7 Å². The van der Waals surface area contributed by atoms with Crippen LogP contribution in [0.15, 0.2) is 29.3 Å². The molecule has 3 aromatic rings. The fraction of sp³-hybridized carbons (Fsp3) is 0.214. The minimum Gasteiger partial charge on any atom is -0.306 e. The zero-order valence-electron chi connectivity index (χ0n) is 10.1. The van der Waals surface area contributed by atoms with Crippen LogP contribution in [-0.4, -0.2) is 15.0 Å². The molecule has 5 heteroatoms. The minimum atomic E-state index is -0.0248. The van der Waals surface area contributed by atoms with Crippen LogP contribution in [0.5, 0.6) is 0 Å². The van der Waals surface area contributed by atoms with Crippen molar-refractivity contribution < 1.29 is 0 Å². The second-order valence-corrected chi connectivity index (χ2v) is 5.78. The van der Waals surface area contributed by atoms with Crippen molar-refractivity contribution in [1.82, 2.24) is 15.0 Å². The molecule has 1 aliphatic rings. The number of aromatic amines is 1. The molecule has 0 unspecified atom stereocenters. The molecule has 0 radical (unpaired) electrons. The Labute approximate surface area is 113 Å². The highest BCUT2D eigenvalue weighted by Crippen LogP contribution is 2.34. The first-order valence-corrected chi connectivity index (χ1v) is 7.09. The second kappa shape index (κ2) is 3.99. The number of nitrogens with one attached hydrogen (secondary N) is 1. The van der Waals surface area contributed by atoms with Gasteiger partial charge in [-0.3, -0.25) is 9.78 Å². The Kier molecular flexibility index (Phi) is 2.29. The van der Waals surface area contributed by atoms with Crippen molar-refractivity contribution in [2.24, 2.45) is 0 Å². The smallest absolute Gasteiger partial charge is 0.260 e. The lowest BCUT2D eigenvalue weighted by atomic mass is 10.2. The van der Waals surface area contributed by atoms with Crippen molar-refractivity contribution in [1.29, 1.82) is 0 Å². The molecule has 0 amide bonds. The van der Waals surface area contributed by atoms with E-state index in [4.69, 9.17) is 0 Å². The van der Waals surface area contributed by atoms with Gasteiger partial charge in [0.2, 0.25) is 0 Å². The van der Waals surface area contributed by atoms with E-state index in [-0.39, 0.29) is 5.56 Å². The largest absolute Gasteiger partial charge is 0.306 e. The summed E-state index contributed by atoms with van der Waals surface area (Å²) in [6, 6.07) is 3.74. The van der Waals surface area contributed by atoms with Crippen molar-refractivity contribution in [3.63, 3.8) is 0 Å². The number of hydrogen-bond donors (Lipinski definition) is 1. The van der Waals surface area contributed by atoms with Crippen LogP contribution >= 0.6 is 11.3 Å². The summed E-state index contributed by atoms with van der Waals surface area (Å²) in [4.78, 5) is 26.0. The Hall–Kier alpha value is -2.01. The van der Waals surface area contributed by atoms with Crippen LogP contribution in [0.4, 0.5) is 0 Å². The fourth-order valence-electron chi connectivity index (χ4n) is 2.64. The van der Waals surface area contributed by atoms with Gasteiger partial charge in [-0.15, -0.1) is 11.3 Å². The summed E-state index contributed by atoms with van der Waals surface area (Å²) in [5, 5.41) is 0.796. The molecule has 0 bridgehead atoms. The van der Waals surface area contributed by atoms with E-state index in [1.165, 1.54) is 10.4 Å². The highest BCUT2D eigenvalue weighted by Gasteiger charge is 2.21. The van der Waals surface area contributed by atoms with Crippen LogP contribution in [0.25, 0.3) is 21.6 Å². The predicted molar refractivity (Wildman–Crippen MR) is 75.5 cm³/mol. The van der Waals surface area contributed by atoms with Gasteiger partial charge in [0, 0.05) is 22.8 Å². The first-order chi connectivity index (χ1) is 9.33. The maximum absolute atomic E-state index is 12.3. The molecule has 4 rings (SSSR count). The van der Waals surface area contributed by atoms with Crippen LogP contribution in [0.3, 0.4) is 0 Å². The van der Waals surface area contributed by atoms with Crippen molar-refractivity contribution >= 4 is 21.6 Å². The highest BCUT2D eigenvalue weighted by atomic mass is 32.1. The SMILES string of the molecule is O=c1[nH]c(-c2cccnc2)nc2sc3c(c12)CCC3. The van der Waals surface area contributed by atoms with Gasteiger partial charge in [0.05, 0.1) is 5.39 Å². The Morgan fingerprint density at radius 1 is 1.32 bits per heavy atom. The number of thiophene rings is 1. The van der Waals surface area contributed by atoms with Crippen molar-refractivity contribution in [2.75, 3.05) is 0 Å². The standard InChI is InChI=1S/C14H11N3OS/c18-13-11-9-4-1-5-10(9)19-14(11)17-12(16-13)8-3-2-6-15-7-8/h2-3,6-7H,1,4-5H2,(H,16,17,18). The van der Waals surface area contributed by atoms with Gasteiger partial charge in [0.25, 0.3) is 5.56 Å². The van der Waals surface area contributed by atoms with Gasteiger partial charge in [-0.05, 0) is 37.0 Å². The molecular formula is C14H11N3OS. The third-order valence-corrected chi connectivity index (χ3v) is 4.70. The van der Waals surface area contributed by atoms with Crippen molar-refractivity contribution in [3.05, 3.63) is 45.3 Å². The number of fused-ring (bicyclic) bond motifs is 3. The Balaban J connectivity index is 2.00. The summed E-state index contributed by atoms with van der Waals surface area (Å²) >= 11 is 1.66. The van der Waals surface area contributed by atoms with Crippen LogP contribution in [0.1, 0.15) is 16.9 Å². The molecule has 0 atom stereocenters. The van der Waals surface area contributed by atoms with Gasteiger partial charge in [-0.25, -0.2) is 4.98 Å². The predicted octanol–water partition coefficient (Wildman–Crippen LogP) is 2.54. The van der Waals surface area contributed by atoms with Crippen LogP contribution in [0.2, 0.25) is 0 Å². The van der Waals surface area contributed by atoms with E-state index in [0.717, 1.165) is 35.0 Å². The molecule has 0 aromatic carbocycles. The summed E-state index contributed by atoms with van der Waals surface area (Å²) in [5.74, 6) is 0.602.